The van der Waals surface area contributed by atoms with E-state index in [0.29, 0.717) is 6.04 Å². The second kappa shape index (κ2) is 8.83. The van der Waals surface area contributed by atoms with Crippen LogP contribution in [0.5, 0.6) is 0 Å². The summed E-state index contributed by atoms with van der Waals surface area (Å²) in [5.41, 5.74) is 4.60. The second-order valence-electron chi connectivity index (χ2n) is 8.16. The molecular weight excluding hydrogens is 316 g/mol. The third-order valence-electron chi connectivity index (χ3n) is 6.21. The highest BCUT2D eigenvalue weighted by Crippen LogP contribution is 2.23. The fourth-order valence-electron chi connectivity index (χ4n) is 4.67. The van der Waals surface area contributed by atoms with E-state index in [4.69, 9.17) is 0 Å². The Kier molecular flexibility index (Phi) is 6.03. The predicted octanol–water partition coefficient (Wildman–Crippen LogP) is 4.09. The van der Waals surface area contributed by atoms with E-state index in [1.807, 2.05) is 0 Å². The Balaban J connectivity index is 1.10. The van der Waals surface area contributed by atoms with E-state index in [0.717, 1.165) is 12.5 Å². The summed E-state index contributed by atoms with van der Waals surface area (Å²) in [6.45, 7) is 4.98. The lowest BCUT2D eigenvalue weighted by atomic mass is 9.90. The van der Waals surface area contributed by atoms with Crippen molar-refractivity contribution in [1.29, 1.82) is 0 Å². The summed E-state index contributed by atoms with van der Waals surface area (Å²) in [5.74, 6) is 0.878. The van der Waals surface area contributed by atoms with E-state index in [1.54, 1.807) is 11.1 Å². The van der Waals surface area contributed by atoms with Crippen LogP contribution < -0.4 is 5.32 Å². The standard InChI is InChI=1S/C24H32N2/c1-2-7-20(8-3-1)17-21-11-15-26(16-12-21)14-6-13-25-24-18-22-9-4-5-10-23(22)19-24/h1-5,7-10,21,24-25H,6,11-19H2. The highest BCUT2D eigenvalue weighted by molar-refractivity contribution is 5.33. The number of hydrogen-bond donors (Lipinski definition) is 1. The Hall–Kier alpha value is -1.64. The molecule has 0 saturated carbocycles. The summed E-state index contributed by atoms with van der Waals surface area (Å²) in [6, 6.07) is 20.6. The molecule has 2 aliphatic rings. The second-order valence-corrected chi connectivity index (χ2v) is 8.16. The number of nitrogens with zero attached hydrogens (tertiary/aromatic N) is 1. The number of likely N-dealkylation sites (tertiary alicyclic amines) is 1. The van der Waals surface area contributed by atoms with Crippen LogP contribution in [0, 0.1) is 5.92 Å². The lowest BCUT2D eigenvalue weighted by Crippen LogP contribution is -2.37. The summed E-state index contributed by atoms with van der Waals surface area (Å²) in [4.78, 5) is 2.67. The molecular formula is C24H32N2. The van der Waals surface area contributed by atoms with Gasteiger partial charge in [0.2, 0.25) is 0 Å². The molecule has 1 heterocycles. The fourth-order valence-corrected chi connectivity index (χ4v) is 4.67. The first kappa shape index (κ1) is 17.8. The highest BCUT2D eigenvalue weighted by atomic mass is 15.1. The molecule has 0 atom stereocenters. The third-order valence-corrected chi connectivity index (χ3v) is 6.21. The van der Waals surface area contributed by atoms with E-state index in [1.165, 1.54) is 63.7 Å². The molecule has 0 amide bonds. The maximum Gasteiger partial charge on any atom is 0.0148 e. The van der Waals surface area contributed by atoms with Gasteiger partial charge < -0.3 is 10.2 Å². The quantitative estimate of drug-likeness (QED) is 0.758. The molecule has 2 nitrogen and oxygen atoms in total. The van der Waals surface area contributed by atoms with Crippen LogP contribution in [0.4, 0.5) is 0 Å². The van der Waals surface area contributed by atoms with Gasteiger partial charge in [-0.15, -0.1) is 0 Å². The molecule has 0 unspecified atom stereocenters. The SMILES string of the molecule is c1ccc(CC2CCN(CCCNC3Cc4ccccc4C3)CC2)cc1. The molecule has 1 aliphatic heterocycles. The molecule has 1 N–H and O–H groups in total. The normalized spacial score (nSPS) is 18.9. The highest BCUT2D eigenvalue weighted by Gasteiger charge is 2.21. The summed E-state index contributed by atoms with van der Waals surface area (Å²) < 4.78 is 0. The van der Waals surface area contributed by atoms with Crippen molar-refractivity contribution in [2.75, 3.05) is 26.2 Å². The van der Waals surface area contributed by atoms with Crippen molar-refractivity contribution < 1.29 is 0 Å². The molecule has 2 aromatic carbocycles. The summed E-state index contributed by atoms with van der Waals surface area (Å²) in [6.07, 6.45) is 7.68. The van der Waals surface area contributed by atoms with Crippen LogP contribution in [0.3, 0.4) is 0 Å². The Morgan fingerprint density at radius 1 is 0.846 bits per heavy atom. The molecule has 0 aromatic heterocycles. The summed E-state index contributed by atoms with van der Waals surface area (Å²) in [5, 5.41) is 3.78. The molecule has 0 spiro atoms. The van der Waals surface area contributed by atoms with Crippen molar-refractivity contribution in [3.63, 3.8) is 0 Å². The molecule has 2 aromatic rings. The molecule has 1 fully saturated rings. The average molecular weight is 349 g/mol. The number of piperidine rings is 1. The van der Waals surface area contributed by atoms with Crippen molar-refractivity contribution in [1.82, 2.24) is 10.2 Å². The molecule has 0 bridgehead atoms. The summed E-state index contributed by atoms with van der Waals surface area (Å²) >= 11 is 0. The number of benzene rings is 2. The van der Waals surface area contributed by atoms with Crippen LogP contribution in [0.2, 0.25) is 0 Å². The van der Waals surface area contributed by atoms with Crippen molar-refractivity contribution in [3.8, 4) is 0 Å². The van der Waals surface area contributed by atoms with E-state index in [-0.39, 0.29) is 0 Å². The number of hydrogen-bond acceptors (Lipinski definition) is 2. The fraction of sp³-hybridized carbons (Fsp3) is 0.500. The first-order valence-corrected chi connectivity index (χ1v) is 10.4. The average Bonchev–Trinajstić information content (AvgIpc) is 3.10. The van der Waals surface area contributed by atoms with Crippen LogP contribution in [0.1, 0.15) is 36.0 Å². The molecule has 26 heavy (non-hydrogen) atoms. The van der Waals surface area contributed by atoms with Gasteiger partial charge in [-0.05, 0) is 87.3 Å². The van der Waals surface area contributed by atoms with Crippen LogP contribution in [0.25, 0.3) is 0 Å². The topological polar surface area (TPSA) is 15.3 Å². The van der Waals surface area contributed by atoms with Crippen molar-refractivity contribution in [3.05, 3.63) is 71.3 Å². The van der Waals surface area contributed by atoms with Gasteiger partial charge in [0, 0.05) is 6.04 Å². The minimum absolute atomic E-state index is 0.656. The van der Waals surface area contributed by atoms with Gasteiger partial charge in [0.15, 0.2) is 0 Å². The molecule has 2 heteroatoms. The van der Waals surface area contributed by atoms with Gasteiger partial charge in [-0.1, -0.05) is 54.6 Å². The van der Waals surface area contributed by atoms with Crippen molar-refractivity contribution in [2.45, 2.75) is 44.6 Å². The Bertz CT molecular complexity index is 649. The maximum atomic E-state index is 3.78. The van der Waals surface area contributed by atoms with Crippen LogP contribution >= 0.6 is 0 Å². The van der Waals surface area contributed by atoms with Gasteiger partial charge in [-0.25, -0.2) is 0 Å². The summed E-state index contributed by atoms with van der Waals surface area (Å²) in [7, 11) is 0. The monoisotopic (exact) mass is 348 g/mol. The smallest absolute Gasteiger partial charge is 0.0148 e. The molecule has 1 aliphatic carbocycles. The van der Waals surface area contributed by atoms with Crippen molar-refractivity contribution >= 4 is 0 Å². The maximum absolute atomic E-state index is 3.78. The Morgan fingerprint density at radius 3 is 2.19 bits per heavy atom. The largest absolute Gasteiger partial charge is 0.313 e. The molecule has 1 saturated heterocycles. The van der Waals surface area contributed by atoms with Gasteiger partial charge in [0.25, 0.3) is 0 Å². The third kappa shape index (κ3) is 4.75. The van der Waals surface area contributed by atoms with Gasteiger partial charge in [0.05, 0.1) is 0 Å². The molecule has 138 valence electrons. The van der Waals surface area contributed by atoms with E-state index in [9.17, 15) is 0 Å². The van der Waals surface area contributed by atoms with Gasteiger partial charge >= 0.3 is 0 Å². The molecule has 4 rings (SSSR count). The van der Waals surface area contributed by atoms with Crippen LogP contribution in [0.15, 0.2) is 54.6 Å². The minimum Gasteiger partial charge on any atom is -0.313 e. The zero-order valence-corrected chi connectivity index (χ0v) is 15.9. The number of fused-ring (bicyclic) bond motifs is 1. The number of nitrogens with one attached hydrogen (secondary N) is 1. The van der Waals surface area contributed by atoms with E-state index < -0.39 is 0 Å². The predicted molar refractivity (Wildman–Crippen MR) is 110 cm³/mol. The number of rotatable bonds is 7. The van der Waals surface area contributed by atoms with Crippen LogP contribution in [-0.2, 0) is 19.3 Å². The van der Waals surface area contributed by atoms with Gasteiger partial charge in [-0.3, -0.25) is 0 Å². The zero-order chi connectivity index (χ0) is 17.6. The Morgan fingerprint density at radius 2 is 1.50 bits per heavy atom. The van der Waals surface area contributed by atoms with E-state index >= 15 is 0 Å². The van der Waals surface area contributed by atoms with Gasteiger partial charge in [-0.2, -0.15) is 0 Å². The van der Waals surface area contributed by atoms with Gasteiger partial charge in [0.1, 0.15) is 0 Å². The van der Waals surface area contributed by atoms with Crippen LogP contribution in [-0.4, -0.2) is 37.1 Å². The molecule has 0 radical (unpaired) electrons. The zero-order valence-electron chi connectivity index (χ0n) is 15.9. The Labute approximate surface area is 158 Å². The van der Waals surface area contributed by atoms with E-state index in [2.05, 4.69) is 64.8 Å². The van der Waals surface area contributed by atoms with Crippen molar-refractivity contribution in [2.24, 2.45) is 5.92 Å². The lowest BCUT2D eigenvalue weighted by molar-refractivity contribution is 0.181. The minimum atomic E-state index is 0.656. The first-order chi connectivity index (χ1) is 12.9. The lowest BCUT2D eigenvalue weighted by Gasteiger charge is -2.32. The first-order valence-electron chi connectivity index (χ1n) is 10.4.